The summed E-state index contributed by atoms with van der Waals surface area (Å²) in [5.41, 5.74) is 7.03. The molecule has 0 bridgehead atoms. The highest BCUT2D eigenvalue weighted by atomic mass is 19.4. The number of aryl methyl sites for hydroxylation is 4. The quantitative estimate of drug-likeness (QED) is 0.190. The van der Waals surface area contributed by atoms with Gasteiger partial charge >= 0.3 is 6.18 Å². The minimum absolute atomic E-state index is 0.131. The van der Waals surface area contributed by atoms with Crippen molar-refractivity contribution in [3.8, 4) is 34.6 Å². The van der Waals surface area contributed by atoms with Crippen molar-refractivity contribution >= 4 is 43.6 Å². The molecule has 4 nitrogen and oxygen atoms in total. The van der Waals surface area contributed by atoms with Crippen LogP contribution in [0.2, 0.25) is 0 Å². The van der Waals surface area contributed by atoms with Crippen LogP contribution in [0.4, 0.5) is 13.2 Å². The standard InChI is InChI=1S/C43H29F3N4/c1-24-8-12-29-30-13-9-25(2)19-38(30)49(37(29)18-24)36-17-16-33(41-28(22-47)6-5-7-35(41)43(44,45)46)42(34(36)23-48)50-39-20-26(3)10-14-31(39)32-15-11-27(4)21-40(32)50/h5-21H,1-4H3. The van der Waals surface area contributed by atoms with Gasteiger partial charge in [-0.2, -0.15) is 23.7 Å². The Bertz CT molecular complexity index is 2700. The first-order valence-corrected chi connectivity index (χ1v) is 16.2. The molecule has 0 amide bonds. The number of rotatable bonds is 3. The van der Waals surface area contributed by atoms with Crippen molar-refractivity contribution in [2.75, 3.05) is 0 Å². The first kappa shape index (κ1) is 31.0. The maximum Gasteiger partial charge on any atom is 0.417 e. The van der Waals surface area contributed by atoms with Gasteiger partial charge in [-0.05, 0) is 92.4 Å². The zero-order chi connectivity index (χ0) is 35.1. The molecule has 7 heteroatoms. The highest BCUT2D eigenvalue weighted by molar-refractivity contribution is 6.12. The van der Waals surface area contributed by atoms with Crippen LogP contribution >= 0.6 is 0 Å². The molecule has 0 atom stereocenters. The Morgan fingerprint density at radius 2 is 1.00 bits per heavy atom. The first-order valence-electron chi connectivity index (χ1n) is 16.2. The first-order chi connectivity index (χ1) is 24.0. The monoisotopic (exact) mass is 658 g/mol. The van der Waals surface area contributed by atoms with Crippen molar-refractivity contribution in [1.29, 1.82) is 10.5 Å². The molecule has 8 rings (SSSR count). The Morgan fingerprint density at radius 3 is 1.42 bits per heavy atom. The molecule has 6 aromatic carbocycles. The predicted octanol–water partition coefficient (Wildman–Crippen LogP) is 11.5. The zero-order valence-corrected chi connectivity index (χ0v) is 27.7. The topological polar surface area (TPSA) is 57.4 Å². The Kier molecular flexibility index (Phi) is 6.89. The van der Waals surface area contributed by atoms with Crippen molar-refractivity contribution in [3.05, 3.63) is 142 Å². The number of fused-ring (bicyclic) bond motifs is 6. The van der Waals surface area contributed by atoms with E-state index in [1.807, 2.05) is 91.4 Å². The third-order valence-corrected chi connectivity index (χ3v) is 9.65. The average Bonchev–Trinajstić information content (AvgIpc) is 3.56. The van der Waals surface area contributed by atoms with Crippen molar-refractivity contribution in [2.24, 2.45) is 0 Å². The minimum atomic E-state index is -4.76. The Balaban J connectivity index is 1.64. The molecule has 0 aliphatic heterocycles. The molecule has 0 saturated carbocycles. The van der Waals surface area contributed by atoms with Crippen LogP contribution in [0.15, 0.2) is 103 Å². The normalized spacial score (nSPS) is 11.9. The number of hydrogen-bond donors (Lipinski definition) is 0. The number of benzene rings is 6. The van der Waals surface area contributed by atoms with E-state index >= 15 is 0 Å². The Morgan fingerprint density at radius 1 is 0.540 bits per heavy atom. The maximum atomic E-state index is 14.9. The van der Waals surface area contributed by atoms with Gasteiger partial charge in [-0.3, -0.25) is 0 Å². The molecule has 2 heterocycles. The lowest BCUT2D eigenvalue weighted by Gasteiger charge is -2.22. The van der Waals surface area contributed by atoms with Gasteiger partial charge in [0.2, 0.25) is 0 Å². The Labute approximate surface area is 286 Å². The highest BCUT2D eigenvalue weighted by Crippen LogP contribution is 2.46. The van der Waals surface area contributed by atoms with E-state index < -0.39 is 11.7 Å². The molecule has 8 aromatic rings. The smallest absolute Gasteiger partial charge is 0.308 e. The molecule has 50 heavy (non-hydrogen) atoms. The summed E-state index contributed by atoms with van der Waals surface area (Å²) in [7, 11) is 0. The van der Waals surface area contributed by atoms with Crippen molar-refractivity contribution < 1.29 is 13.2 Å². The zero-order valence-electron chi connectivity index (χ0n) is 27.7. The number of alkyl halides is 3. The second kappa shape index (κ2) is 11.1. The average molecular weight is 659 g/mol. The van der Waals surface area contributed by atoms with E-state index in [1.165, 1.54) is 12.1 Å². The van der Waals surface area contributed by atoms with Gasteiger partial charge in [-0.25, -0.2) is 0 Å². The van der Waals surface area contributed by atoms with Crippen molar-refractivity contribution in [2.45, 2.75) is 33.9 Å². The summed E-state index contributed by atoms with van der Waals surface area (Å²) in [5, 5.41) is 25.3. The van der Waals surface area contributed by atoms with Crippen LogP contribution in [0.1, 0.15) is 38.9 Å². The molecule has 0 unspecified atom stereocenters. The summed E-state index contributed by atoms with van der Waals surface area (Å²) in [6, 6.07) is 35.9. The molecule has 0 N–H and O–H groups in total. The lowest BCUT2D eigenvalue weighted by atomic mass is 9.90. The van der Waals surface area contributed by atoms with Crippen LogP contribution in [0.25, 0.3) is 66.1 Å². The van der Waals surface area contributed by atoms with E-state index in [0.717, 1.165) is 71.9 Å². The van der Waals surface area contributed by atoms with Gasteiger partial charge in [0.25, 0.3) is 0 Å². The van der Waals surface area contributed by atoms with Crippen LogP contribution in [0, 0.1) is 50.4 Å². The van der Waals surface area contributed by atoms with Crippen molar-refractivity contribution in [1.82, 2.24) is 9.13 Å². The number of aromatic nitrogens is 2. The van der Waals surface area contributed by atoms with Gasteiger partial charge in [-0.1, -0.05) is 60.7 Å². The largest absolute Gasteiger partial charge is 0.417 e. The van der Waals surface area contributed by atoms with E-state index in [0.29, 0.717) is 5.69 Å². The molecule has 0 radical (unpaired) electrons. The van der Waals surface area contributed by atoms with Crippen LogP contribution < -0.4 is 0 Å². The number of hydrogen-bond acceptors (Lipinski definition) is 2. The summed E-state index contributed by atoms with van der Waals surface area (Å²) in [4.78, 5) is 0. The maximum absolute atomic E-state index is 14.9. The lowest BCUT2D eigenvalue weighted by Crippen LogP contribution is -2.11. The molecule has 2 aromatic heterocycles. The lowest BCUT2D eigenvalue weighted by molar-refractivity contribution is -0.137. The fourth-order valence-electron chi connectivity index (χ4n) is 7.46. The fraction of sp³-hybridized carbons (Fsp3) is 0.116. The second-order valence-corrected chi connectivity index (χ2v) is 13.1. The number of halogens is 3. The summed E-state index contributed by atoms with van der Waals surface area (Å²) in [5.74, 6) is 0. The molecule has 0 saturated heterocycles. The SMILES string of the molecule is Cc1ccc2c3ccc(C)cc3n(-c3ccc(-c4c(C#N)cccc4C(F)(F)F)c(-n4c5cc(C)ccc5c5ccc(C)cc54)c3C#N)c2c1. The highest BCUT2D eigenvalue weighted by Gasteiger charge is 2.36. The van der Waals surface area contributed by atoms with E-state index in [1.54, 1.807) is 12.1 Å². The minimum Gasteiger partial charge on any atom is -0.308 e. The van der Waals surface area contributed by atoms with Crippen LogP contribution in [-0.4, -0.2) is 9.13 Å². The van der Waals surface area contributed by atoms with E-state index in [4.69, 9.17) is 0 Å². The van der Waals surface area contributed by atoms with Gasteiger partial charge in [0.15, 0.2) is 0 Å². The molecular weight excluding hydrogens is 629 g/mol. The van der Waals surface area contributed by atoms with Crippen LogP contribution in [0.3, 0.4) is 0 Å². The van der Waals surface area contributed by atoms with Gasteiger partial charge in [0, 0.05) is 32.7 Å². The summed E-state index contributed by atoms with van der Waals surface area (Å²) >= 11 is 0. The fourth-order valence-corrected chi connectivity index (χ4v) is 7.46. The van der Waals surface area contributed by atoms with Gasteiger partial charge in [0.05, 0.1) is 50.6 Å². The van der Waals surface area contributed by atoms with Crippen LogP contribution in [0.5, 0.6) is 0 Å². The molecule has 242 valence electrons. The number of nitriles is 2. The summed E-state index contributed by atoms with van der Waals surface area (Å²) < 4.78 is 48.5. The van der Waals surface area contributed by atoms with Gasteiger partial charge in [0.1, 0.15) is 11.6 Å². The van der Waals surface area contributed by atoms with E-state index in [-0.39, 0.29) is 27.9 Å². The second-order valence-electron chi connectivity index (χ2n) is 13.1. The molecule has 0 aliphatic carbocycles. The molecule has 0 spiro atoms. The summed E-state index contributed by atoms with van der Waals surface area (Å²) in [6.45, 7) is 7.94. The third kappa shape index (κ3) is 4.59. The molecular formula is C43H29F3N4. The van der Waals surface area contributed by atoms with Gasteiger partial charge in [-0.15, -0.1) is 0 Å². The van der Waals surface area contributed by atoms with E-state index in [9.17, 15) is 23.7 Å². The van der Waals surface area contributed by atoms with Gasteiger partial charge < -0.3 is 9.13 Å². The summed E-state index contributed by atoms with van der Waals surface area (Å²) in [6.07, 6.45) is -4.76. The van der Waals surface area contributed by atoms with Crippen LogP contribution in [-0.2, 0) is 6.18 Å². The predicted molar refractivity (Wildman–Crippen MR) is 194 cm³/mol. The number of nitrogens with zero attached hydrogens (tertiary/aromatic N) is 4. The Hall–Kier alpha value is -6.31. The molecule has 0 fully saturated rings. The van der Waals surface area contributed by atoms with E-state index in [2.05, 4.69) is 30.3 Å². The molecule has 0 aliphatic rings. The van der Waals surface area contributed by atoms with Crippen molar-refractivity contribution in [3.63, 3.8) is 0 Å². The third-order valence-electron chi connectivity index (χ3n) is 9.65.